The molecule has 0 fully saturated rings. The van der Waals surface area contributed by atoms with Gasteiger partial charge in [0, 0.05) is 5.88 Å². The average Bonchev–Trinajstić information content (AvgIpc) is 2.25. The van der Waals surface area contributed by atoms with Crippen molar-refractivity contribution >= 4 is 11.6 Å². The highest BCUT2D eigenvalue weighted by Crippen LogP contribution is 2.33. The first-order valence-electron chi connectivity index (χ1n) is 5.00. The molecule has 96 valence electrons. The van der Waals surface area contributed by atoms with Crippen molar-refractivity contribution in [1.29, 1.82) is 0 Å². The van der Waals surface area contributed by atoms with Crippen LogP contribution in [0.1, 0.15) is 18.4 Å². The fourth-order valence-corrected chi connectivity index (χ4v) is 1.39. The highest BCUT2D eigenvalue weighted by atomic mass is 35.5. The Morgan fingerprint density at radius 3 is 2.47 bits per heavy atom. The van der Waals surface area contributed by atoms with Gasteiger partial charge in [-0.3, -0.25) is 0 Å². The van der Waals surface area contributed by atoms with Crippen LogP contribution in [0.5, 0.6) is 5.75 Å². The van der Waals surface area contributed by atoms with Crippen LogP contribution in [-0.4, -0.2) is 12.5 Å². The monoisotopic (exact) mass is 270 g/mol. The van der Waals surface area contributed by atoms with Gasteiger partial charge in [-0.25, -0.2) is 4.39 Å². The molecule has 6 heteroatoms. The molecule has 0 aliphatic rings. The zero-order chi connectivity index (χ0) is 12.9. The van der Waals surface area contributed by atoms with Crippen LogP contribution < -0.4 is 4.74 Å². The van der Waals surface area contributed by atoms with E-state index in [4.69, 9.17) is 16.3 Å². The van der Waals surface area contributed by atoms with Gasteiger partial charge >= 0.3 is 6.18 Å². The Morgan fingerprint density at radius 2 is 1.88 bits per heavy atom. The van der Waals surface area contributed by atoms with E-state index in [2.05, 4.69) is 0 Å². The molecule has 0 heterocycles. The molecule has 17 heavy (non-hydrogen) atoms. The summed E-state index contributed by atoms with van der Waals surface area (Å²) in [6.07, 6.45) is -3.35. The first kappa shape index (κ1) is 14.1. The molecule has 0 amide bonds. The predicted octanol–water partition coefficient (Wildman–Crippen LogP) is 4.24. The fraction of sp³-hybridized carbons (Fsp3) is 0.455. The van der Waals surface area contributed by atoms with E-state index in [0.717, 1.165) is 12.5 Å². The van der Waals surface area contributed by atoms with Crippen LogP contribution >= 0.6 is 11.6 Å². The molecule has 1 aromatic carbocycles. The normalized spacial score (nSPS) is 11.6. The SMILES string of the molecule is Fc1ccc(OCCCCCl)cc1C(F)(F)F. The molecule has 0 bridgehead atoms. The summed E-state index contributed by atoms with van der Waals surface area (Å²) in [7, 11) is 0. The largest absolute Gasteiger partial charge is 0.494 e. The van der Waals surface area contributed by atoms with E-state index in [-0.39, 0.29) is 12.4 Å². The smallest absolute Gasteiger partial charge is 0.419 e. The molecule has 1 nitrogen and oxygen atoms in total. The summed E-state index contributed by atoms with van der Waals surface area (Å²) >= 11 is 5.44. The summed E-state index contributed by atoms with van der Waals surface area (Å²) in [6, 6.07) is 2.58. The van der Waals surface area contributed by atoms with Gasteiger partial charge in [-0.15, -0.1) is 11.6 Å². The zero-order valence-electron chi connectivity index (χ0n) is 8.86. The lowest BCUT2D eigenvalue weighted by atomic mass is 10.2. The highest BCUT2D eigenvalue weighted by molar-refractivity contribution is 6.17. The standard InChI is InChI=1S/C11H11ClF4O/c12-5-1-2-6-17-8-3-4-10(13)9(7-8)11(14,15)16/h3-4,7H,1-2,5-6H2. The third kappa shape index (κ3) is 4.42. The van der Waals surface area contributed by atoms with Crippen molar-refractivity contribution in [3.63, 3.8) is 0 Å². The van der Waals surface area contributed by atoms with Crippen molar-refractivity contribution in [2.75, 3.05) is 12.5 Å². The third-order valence-electron chi connectivity index (χ3n) is 2.04. The van der Waals surface area contributed by atoms with Gasteiger partial charge in [-0.1, -0.05) is 0 Å². The lowest BCUT2D eigenvalue weighted by Gasteiger charge is -2.11. The topological polar surface area (TPSA) is 9.23 Å². The molecule has 0 unspecified atom stereocenters. The Morgan fingerprint density at radius 1 is 1.18 bits per heavy atom. The Kier molecular flexibility index (Phi) is 5.05. The molecule has 0 aliphatic carbocycles. The van der Waals surface area contributed by atoms with Gasteiger partial charge in [0.1, 0.15) is 11.6 Å². The first-order valence-corrected chi connectivity index (χ1v) is 5.54. The number of ether oxygens (including phenoxy) is 1. The summed E-state index contributed by atoms with van der Waals surface area (Å²) < 4.78 is 55.1. The van der Waals surface area contributed by atoms with Crippen LogP contribution in [0.2, 0.25) is 0 Å². The molecular weight excluding hydrogens is 260 g/mol. The zero-order valence-corrected chi connectivity index (χ0v) is 9.61. The molecule has 0 radical (unpaired) electrons. The van der Waals surface area contributed by atoms with Crippen molar-refractivity contribution in [1.82, 2.24) is 0 Å². The lowest BCUT2D eigenvalue weighted by molar-refractivity contribution is -0.140. The van der Waals surface area contributed by atoms with Crippen LogP contribution in [0.4, 0.5) is 17.6 Å². The second kappa shape index (κ2) is 6.10. The van der Waals surface area contributed by atoms with Gasteiger partial charge in [0.2, 0.25) is 0 Å². The van der Waals surface area contributed by atoms with E-state index >= 15 is 0 Å². The van der Waals surface area contributed by atoms with E-state index in [9.17, 15) is 17.6 Å². The first-order chi connectivity index (χ1) is 7.95. The van der Waals surface area contributed by atoms with Crippen LogP contribution in [0, 0.1) is 5.82 Å². The van der Waals surface area contributed by atoms with Crippen LogP contribution in [0.25, 0.3) is 0 Å². The Balaban J connectivity index is 2.69. The summed E-state index contributed by atoms with van der Waals surface area (Å²) in [5.41, 5.74) is -1.31. The van der Waals surface area contributed by atoms with Gasteiger partial charge in [-0.2, -0.15) is 13.2 Å². The molecule has 0 aliphatic heterocycles. The molecule has 0 atom stereocenters. The Hall–Kier alpha value is -0.970. The summed E-state index contributed by atoms with van der Waals surface area (Å²) in [5, 5.41) is 0. The third-order valence-corrected chi connectivity index (χ3v) is 2.31. The van der Waals surface area contributed by atoms with Gasteiger partial charge in [-0.05, 0) is 31.0 Å². The van der Waals surface area contributed by atoms with Crippen LogP contribution in [0.15, 0.2) is 18.2 Å². The van der Waals surface area contributed by atoms with E-state index in [1.165, 1.54) is 6.07 Å². The van der Waals surface area contributed by atoms with Crippen molar-refractivity contribution in [3.05, 3.63) is 29.6 Å². The second-order valence-electron chi connectivity index (χ2n) is 3.38. The number of hydrogen-bond acceptors (Lipinski definition) is 1. The highest BCUT2D eigenvalue weighted by Gasteiger charge is 2.34. The second-order valence-corrected chi connectivity index (χ2v) is 3.76. The molecule has 1 rings (SSSR count). The minimum Gasteiger partial charge on any atom is -0.494 e. The van der Waals surface area contributed by atoms with Crippen molar-refractivity contribution < 1.29 is 22.3 Å². The lowest BCUT2D eigenvalue weighted by Crippen LogP contribution is -2.08. The molecule has 0 spiro atoms. The van der Waals surface area contributed by atoms with Crippen LogP contribution in [-0.2, 0) is 6.18 Å². The number of benzene rings is 1. The maximum Gasteiger partial charge on any atom is 0.419 e. The van der Waals surface area contributed by atoms with Crippen molar-refractivity contribution in [2.24, 2.45) is 0 Å². The minimum absolute atomic E-state index is 0.00768. The molecule has 0 saturated heterocycles. The van der Waals surface area contributed by atoms with Gasteiger partial charge in [0.25, 0.3) is 0 Å². The van der Waals surface area contributed by atoms with E-state index in [1.54, 1.807) is 0 Å². The summed E-state index contributed by atoms with van der Waals surface area (Å²) in [6.45, 7) is 0.260. The minimum atomic E-state index is -4.71. The maximum atomic E-state index is 12.9. The van der Waals surface area contributed by atoms with E-state index in [0.29, 0.717) is 18.4 Å². The number of rotatable bonds is 5. The number of unbranched alkanes of at least 4 members (excludes halogenated alkanes) is 1. The maximum absolute atomic E-state index is 12.9. The molecule has 0 saturated carbocycles. The number of halogens is 5. The molecule has 1 aromatic rings. The molecule has 0 aromatic heterocycles. The van der Waals surface area contributed by atoms with Crippen molar-refractivity contribution in [2.45, 2.75) is 19.0 Å². The number of hydrogen-bond donors (Lipinski definition) is 0. The van der Waals surface area contributed by atoms with Crippen LogP contribution in [0.3, 0.4) is 0 Å². The van der Waals surface area contributed by atoms with Gasteiger partial charge < -0.3 is 4.74 Å². The molecular formula is C11H11ClF4O. The Labute approximate surface area is 101 Å². The van der Waals surface area contributed by atoms with Crippen molar-refractivity contribution in [3.8, 4) is 5.75 Å². The fourth-order valence-electron chi connectivity index (χ4n) is 1.20. The molecule has 0 N–H and O–H groups in total. The van der Waals surface area contributed by atoms with Gasteiger partial charge in [0.05, 0.1) is 12.2 Å². The average molecular weight is 271 g/mol. The predicted molar refractivity (Wildman–Crippen MR) is 56.9 cm³/mol. The summed E-state index contributed by atoms with van der Waals surface area (Å²) in [5.74, 6) is -0.820. The van der Waals surface area contributed by atoms with Gasteiger partial charge in [0.15, 0.2) is 0 Å². The summed E-state index contributed by atoms with van der Waals surface area (Å²) in [4.78, 5) is 0. The van der Waals surface area contributed by atoms with E-state index in [1.807, 2.05) is 0 Å². The quantitative estimate of drug-likeness (QED) is 0.442. The van der Waals surface area contributed by atoms with E-state index < -0.39 is 17.6 Å². The number of alkyl halides is 4. The Bertz CT molecular complexity index is 365.